The lowest BCUT2D eigenvalue weighted by Crippen LogP contribution is -2.53. The number of carbonyl (C=O) groups excluding carboxylic acids is 2. The smallest absolute Gasteiger partial charge is 0.264 e. The van der Waals surface area contributed by atoms with Crippen LogP contribution in [-0.4, -0.2) is 58.0 Å². The van der Waals surface area contributed by atoms with Crippen molar-refractivity contribution in [2.45, 2.75) is 71.0 Å². The molecule has 0 saturated heterocycles. The average molecular weight is 610 g/mol. The van der Waals surface area contributed by atoms with Crippen LogP contribution in [0, 0.1) is 13.8 Å². The molecule has 0 saturated carbocycles. The van der Waals surface area contributed by atoms with Crippen molar-refractivity contribution in [3.8, 4) is 11.5 Å². The van der Waals surface area contributed by atoms with Crippen molar-refractivity contribution < 1.29 is 27.5 Å². The number of rotatable bonds is 14. The Morgan fingerprint density at radius 2 is 1.53 bits per heavy atom. The first kappa shape index (κ1) is 33.5. The van der Waals surface area contributed by atoms with E-state index in [9.17, 15) is 18.0 Å². The van der Waals surface area contributed by atoms with E-state index in [1.807, 2.05) is 58.9 Å². The highest BCUT2D eigenvalue weighted by atomic mass is 32.2. The highest BCUT2D eigenvalue weighted by molar-refractivity contribution is 7.92. The maximum Gasteiger partial charge on any atom is 0.264 e. The zero-order valence-corrected chi connectivity index (χ0v) is 26.9. The van der Waals surface area contributed by atoms with Crippen LogP contribution in [0.5, 0.6) is 11.5 Å². The van der Waals surface area contributed by atoms with Gasteiger partial charge in [0.25, 0.3) is 10.0 Å². The van der Waals surface area contributed by atoms with Gasteiger partial charge in [0.1, 0.15) is 12.6 Å². The van der Waals surface area contributed by atoms with Crippen LogP contribution in [0.15, 0.2) is 71.6 Å². The summed E-state index contributed by atoms with van der Waals surface area (Å²) in [4.78, 5) is 29.3. The van der Waals surface area contributed by atoms with Gasteiger partial charge in [-0.1, -0.05) is 55.8 Å². The van der Waals surface area contributed by atoms with E-state index < -0.39 is 28.5 Å². The van der Waals surface area contributed by atoms with E-state index in [-0.39, 0.29) is 29.1 Å². The summed E-state index contributed by atoms with van der Waals surface area (Å²) in [6.07, 6.45) is 1.08. The van der Waals surface area contributed by atoms with Crippen LogP contribution >= 0.6 is 0 Å². The Labute approximate surface area is 255 Å². The maximum atomic E-state index is 14.3. The molecule has 2 atom stereocenters. The minimum atomic E-state index is -4.21. The highest BCUT2D eigenvalue weighted by Gasteiger charge is 2.34. The number of amides is 2. The fourth-order valence-electron chi connectivity index (χ4n) is 4.68. The molecule has 0 heterocycles. The number of hydrogen-bond acceptors (Lipinski definition) is 6. The second-order valence-electron chi connectivity index (χ2n) is 10.6. The molecular weight excluding hydrogens is 566 g/mol. The fourth-order valence-corrected chi connectivity index (χ4v) is 6.08. The number of hydrogen-bond donors (Lipinski definition) is 1. The number of nitrogens with one attached hydrogen (secondary N) is 1. The van der Waals surface area contributed by atoms with Crippen molar-refractivity contribution in [2.24, 2.45) is 0 Å². The normalized spacial score (nSPS) is 12.6. The third-order valence-electron chi connectivity index (χ3n) is 7.53. The minimum absolute atomic E-state index is 0.0349. The van der Waals surface area contributed by atoms with E-state index in [1.165, 1.54) is 37.3 Å². The van der Waals surface area contributed by atoms with E-state index in [0.717, 1.165) is 27.4 Å². The second kappa shape index (κ2) is 14.9. The standard InChI is InChI=1S/C33H43N3O6S/c1-8-25(5)34-33(38)29(9-2)35(21-26-13-11-10-12-24(26)4)32(37)22-36(27-16-19-30(41-6)31(20-27)42-7)43(39,40)28-17-14-23(3)15-18-28/h10-20,25,29H,8-9,21-22H2,1-7H3,(H,34,38)/t25-,29+/m1/s1. The summed E-state index contributed by atoms with van der Waals surface area (Å²) in [6, 6.07) is 17.9. The quantitative estimate of drug-likeness (QED) is 0.268. The summed E-state index contributed by atoms with van der Waals surface area (Å²) in [7, 11) is -1.27. The van der Waals surface area contributed by atoms with E-state index in [2.05, 4.69) is 5.32 Å². The number of nitrogens with zero attached hydrogens (tertiary/aromatic N) is 2. The molecule has 43 heavy (non-hydrogen) atoms. The molecule has 0 aliphatic rings. The first-order valence-electron chi connectivity index (χ1n) is 14.4. The Bertz CT molecular complexity index is 1510. The summed E-state index contributed by atoms with van der Waals surface area (Å²) in [5.41, 5.74) is 2.95. The molecule has 0 radical (unpaired) electrons. The van der Waals surface area contributed by atoms with E-state index >= 15 is 0 Å². The van der Waals surface area contributed by atoms with E-state index in [4.69, 9.17) is 9.47 Å². The fraction of sp³-hybridized carbons (Fsp3) is 0.394. The molecule has 9 nitrogen and oxygen atoms in total. The molecule has 1 N–H and O–H groups in total. The molecule has 0 fully saturated rings. The third kappa shape index (κ3) is 8.07. The lowest BCUT2D eigenvalue weighted by Gasteiger charge is -2.34. The van der Waals surface area contributed by atoms with Gasteiger partial charge in [0.2, 0.25) is 11.8 Å². The number of methoxy groups -OCH3 is 2. The SMILES string of the molecule is CC[C@@H](C)NC(=O)[C@H](CC)N(Cc1ccccc1C)C(=O)CN(c1ccc(OC)c(OC)c1)S(=O)(=O)c1ccc(C)cc1. The van der Waals surface area contributed by atoms with Crippen molar-refractivity contribution in [1.29, 1.82) is 0 Å². The molecule has 0 unspecified atom stereocenters. The van der Waals surface area contributed by atoms with Crippen LogP contribution in [0.2, 0.25) is 0 Å². The predicted octanol–water partition coefficient (Wildman–Crippen LogP) is 5.24. The molecule has 10 heteroatoms. The highest BCUT2D eigenvalue weighted by Crippen LogP contribution is 2.34. The number of sulfonamides is 1. The van der Waals surface area contributed by atoms with Gasteiger partial charge in [0, 0.05) is 18.7 Å². The predicted molar refractivity (Wildman–Crippen MR) is 169 cm³/mol. The molecule has 0 aliphatic heterocycles. The van der Waals surface area contributed by atoms with Gasteiger partial charge in [-0.25, -0.2) is 8.42 Å². The largest absolute Gasteiger partial charge is 0.493 e. The van der Waals surface area contributed by atoms with Crippen molar-refractivity contribution in [2.75, 3.05) is 25.1 Å². The summed E-state index contributed by atoms with van der Waals surface area (Å²) in [6.45, 7) is 9.13. The zero-order chi connectivity index (χ0) is 31.7. The molecule has 3 rings (SSSR count). The van der Waals surface area contributed by atoms with Gasteiger partial charge >= 0.3 is 0 Å². The van der Waals surface area contributed by atoms with Gasteiger partial charge in [-0.2, -0.15) is 0 Å². The van der Waals surface area contributed by atoms with Crippen molar-refractivity contribution in [3.63, 3.8) is 0 Å². The maximum absolute atomic E-state index is 14.3. The Balaban J connectivity index is 2.13. The van der Waals surface area contributed by atoms with Crippen LogP contribution in [-0.2, 0) is 26.2 Å². The zero-order valence-electron chi connectivity index (χ0n) is 26.1. The van der Waals surface area contributed by atoms with Gasteiger partial charge in [-0.3, -0.25) is 13.9 Å². The number of aryl methyl sites for hydroxylation is 2. The molecule has 3 aromatic carbocycles. The Hall–Kier alpha value is -4.05. The first-order valence-corrected chi connectivity index (χ1v) is 15.9. The van der Waals surface area contributed by atoms with Gasteiger partial charge in [0.05, 0.1) is 24.8 Å². The molecule has 0 aromatic heterocycles. The summed E-state index contributed by atoms with van der Waals surface area (Å²) in [5, 5.41) is 3.00. The number of ether oxygens (including phenoxy) is 2. The molecule has 3 aromatic rings. The molecular formula is C33H43N3O6S. The second-order valence-corrected chi connectivity index (χ2v) is 12.4. The van der Waals surface area contributed by atoms with Crippen LogP contribution in [0.1, 0.15) is 50.3 Å². The van der Waals surface area contributed by atoms with Crippen LogP contribution in [0.25, 0.3) is 0 Å². The van der Waals surface area contributed by atoms with Gasteiger partial charge in [0.15, 0.2) is 11.5 Å². The van der Waals surface area contributed by atoms with Crippen molar-refractivity contribution >= 4 is 27.5 Å². The van der Waals surface area contributed by atoms with E-state index in [0.29, 0.717) is 17.9 Å². The van der Waals surface area contributed by atoms with Crippen LogP contribution < -0.4 is 19.1 Å². The number of benzene rings is 3. The topological polar surface area (TPSA) is 105 Å². The monoisotopic (exact) mass is 609 g/mol. The number of anilines is 1. The third-order valence-corrected chi connectivity index (χ3v) is 9.32. The van der Waals surface area contributed by atoms with Crippen molar-refractivity contribution in [3.05, 3.63) is 83.4 Å². The number of carbonyl (C=O) groups is 2. The van der Waals surface area contributed by atoms with Gasteiger partial charge in [-0.15, -0.1) is 0 Å². The van der Waals surface area contributed by atoms with Crippen LogP contribution in [0.3, 0.4) is 0 Å². The lowest BCUT2D eigenvalue weighted by atomic mass is 10.1. The summed E-state index contributed by atoms with van der Waals surface area (Å²) in [5.74, 6) is -0.0652. The summed E-state index contributed by atoms with van der Waals surface area (Å²) < 4.78 is 40.1. The molecule has 0 bridgehead atoms. The van der Waals surface area contributed by atoms with E-state index in [1.54, 1.807) is 24.3 Å². The molecule has 232 valence electrons. The van der Waals surface area contributed by atoms with Crippen LogP contribution in [0.4, 0.5) is 5.69 Å². The minimum Gasteiger partial charge on any atom is -0.493 e. The van der Waals surface area contributed by atoms with Crippen molar-refractivity contribution in [1.82, 2.24) is 10.2 Å². The Morgan fingerprint density at radius 3 is 2.12 bits per heavy atom. The molecule has 0 spiro atoms. The Kier molecular flexibility index (Phi) is 11.6. The van der Waals surface area contributed by atoms with Gasteiger partial charge in [-0.05, 0) is 69.0 Å². The average Bonchev–Trinajstić information content (AvgIpc) is 3.00. The molecule has 0 aliphatic carbocycles. The van der Waals surface area contributed by atoms with Gasteiger partial charge < -0.3 is 19.7 Å². The Morgan fingerprint density at radius 1 is 0.884 bits per heavy atom. The molecule has 2 amide bonds. The summed E-state index contributed by atoms with van der Waals surface area (Å²) >= 11 is 0. The lowest BCUT2D eigenvalue weighted by molar-refractivity contribution is -0.140. The first-order chi connectivity index (χ1) is 20.5.